The molecule has 1 aromatic carbocycles. The Balaban J connectivity index is 1.95. The minimum Gasteiger partial charge on any atom is -0.497 e. The molecule has 3 heterocycles. The molecule has 0 bridgehead atoms. The van der Waals surface area contributed by atoms with Gasteiger partial charge in [0.2, 0.25) is 0 Å². The van der Waals surface area contributed by atoms with Gasteiger partial charge < -0.3 is 9.47 Å². The molecule has 0 amide bonds. The predicted molar refractivity (Wildman–Crippen MR) is 120 cm³/mol. The van der Waals surface area contributed by atoms with Gasteiger partial charge in [0, 0.05) is 16.5 Å². The number of aromatic nitrogens is 3. The number of thiophene rings is 1. The topological polar surface area (TPSA) is 66.2 Å². The van der Waals surface area contributed by atoms with Gasteiger partial charge in [-0.1, -0.05) is 23.1 Å². The van der Waals surface area contributed by atoms with Gasteiger partial charge in [0.15, 0.2) is 20.5 Å². The van der Waals surface area contributed by atoms with Crippen molar-refractivity contribution in [2.45, 2.75) is 17.8 Å². The summed E-state index contributed by atoms with van der Waals surface area (Å²) in [4.78, 5) is 24.1. The Morgan fingerprint density at radius 3 is 2.60 bits per heavy atom. The molecule has 0 aliphatic heterocycles. The highest BCUT2D eigenvalue weighted by Gasteiger charge is 2.21. The van der Waals surface area contributed by atoms with Gasteiger partial charge in [0.25, 0.3) is 5.56 Å². The SMILES string of the molecule is COc1ccc(Cn2c(-c3sc(C)cc3F)nc3sc(SC)nc3c2=O)c(OC)c1. The van der Waals surface area contributed by atoms with Crippen molar-refractivity contribution >= 4 is 44.8 Å². The first-order valence-electron chi connectivity index (χ1n) is 8.87. The van der Waals surface area contributed by atoms with Gasteiger partial charge in [-0.3, -0.25) is 9.36 Å². The van der Waals surface area contributed by atoms with Gasteiger partial charge in [0.05, 0.1) is 20.8 Å². The van der Waals surface area contributed by atoms with Gasteiger partial charge in [0.1, 0.15) is 22.2 Å². The number of nitrogens with zero attached hydrogens (tertiary/aromatic N) is 3. The van der Waals surface area contributed by atoms with Crippen molar-refractivity contribution < 1.29 is 13.9 Å². The smallest absolute Gasteiger partial charge is 0.281 e. The van der Waals surface area contributed by atoms with Crippen molar-refractivity contribution in [2.24, 2.45) is 0 Å². The lowest BCUT2D eigenvalue weighted by molar-refractivity contribution is 0.390. The van der Waals surface area contributed by atoms with Gasteiger partial charge in [-0.05, 0) is 31.4 Å². The third kappa shape index (κ3) is 3.70. The number of hydrogen-bond acceptors (Lipinski definition) is 8. The number of fused-ring (bicyclic) bond motifs is 1. The number of aryl methyl sites for hydroxylation is 1. The summed E-state index contributed by atoms with van der Waals surface area (Å²) >= 11 is 4.04. The van der Waals surface area contributed by atoms with Crippen LogP contribution in [0.3, 0.4) is 0 Å². The van der Waals surface area contributed by atoms with E-state index in [1.165, 1.54) is 45.1 Å². The first-order chi connectivity index (χ1) is 14.4. The molecule has 0 fully saturated rings. The summed E-state index contributed by atoms with van der Waals surface area (Å²) in [6.45, 7) is 1.98. The van der Waals surface area contributed by atoms with E-state index in [1.807, 2.05) is 19.2 Å². The lowest BCUT2D eigenvalue weighted by Crippen LogP contribution is -2.24. The molecule has 156 valence electrons. The first-order valence-corrected chi connectivity index (χ1v) is 11.7. The lowest BCUT2D eigenvalue weighted by Gasteiger charge is -2.14. The van der Waals surface area contributed by atoms with Crippen LogP contribution in [0.25, 0.3) is 21.0 Å². The molecule has 0 aliphatic rings. The van der Waals surface area contributed by atoms with Gasteiger partial charge in [-0.15, -0.1) is 11.3 Å². The zero-order valence-corrected chi connectivity index (χ0v) is 19.1. The Morgan fingerprint density at radius 1 is 1.17 bits per heavy atom. The van der Waals surface area contributed by atoms with E-state index in [4.69, 9.17) is 9.47 Å². The average molecular weight is 464 g/mol. The molecule has 0 atom stereocenters. The molecule has 4 aromatic rings. The van der Waals surface area contributed by atoms with Crippen molar-refractivity contribution in [3.8, 4) is 22.2 Å². The molecule has 30 heavy (non-hydrogen) atoms. The number of ether oxygens (including phenoxy) is 2. The van der Waals surface area contributed by atoms with Crippen LogP contribution in [-0.4, -0.2) is 35.0 Å². The van der Waals surface area contributed by atoms with Crippen molar-refractivity contribution in [1.82, 2.24) is 14.5 Å². The van der Waals surface area contributed by atoms with Crippen LogP contribution in [0.4, 0.5) is 4.39 Å². The highest BCUT2D eigenvalue weighted by atomic mass is 32.2. The van der Waals surface area contributed by atoms with Gasteiger partial charge in [-0.25, -0.2) is 14.4 Å². The quantitative estimate of drug-likeness (QED) is 0.382. The minimum absolute atomic E-state index is 0.160. The highest BCUT2D eigenvalue weighted by molar-refractivity contribution is 8.00. The number of thiazole rings is 1. The summed E-state index contributed by atoms with van der Waals surface area (Å²) in [6, 6.07) is 6.81. The Bertz CT molecular complexity index is 1300. The summed E-state index contributed by atoms with van der Waals surface area (Å²) in [6.07, 6.45) is 1.89. The van der Waals surface area contributed by atoms with Crippen LogP contribution in [0.1, 0.15) is 10.4 Å². The predicted octanol–water partition coefficient (Wildman–Crippen LogP) is 4.82. The van der Waals surface area contributed by atoms with Crippen LogP contribution in [0.15, 0.2) is 33.4 Å². The summed E-state index contributed by atoms with van der Waals surface area (Å²) < 4.78 is 27.6. The molecule has 0 radical (unpaired) electrons. The third-order valence-electron chi connectivity index (χ3n) is 4.51. The van der Waals surface area contributed by atoms with E-state index >= 15 is 0 Å². The fourth-order valence-corrected chi connectivity index (χ4v) is 5.39. The van der Waals surface area contributed by atoms with Crippen molar-refractivity contribution in [3.63, 3.8) is 0 Å². The standard InChI is InChI=1S/C20H18FN3O3S3/c1-10-7-13(21)16(29-10)17-23-18-15(22-20(28-4)30-18)19(25)24(17)9-11-5-6-12(26-2)8-14(11)27-3/h5-8H,9H2,1-4H3. The molecule has 6 nitrogen and oxygen atoms in total. The zero-order valence-electron chi connectivity index (χ0n) is 16.7. The lowest BCUT2D eigenvalue weighted by atomic mass is 10.2. The third-order valence-corrected chi connectivity index (χ3v) is 7.47. The molecular weight excluding hydrogens is 445 g/mol. The number of halogens is 1. The Morgan fingerprint density at radius 2 is 1.97 bits per heavy atom. The Kier molecular flexibility index (Phi) is 5.81. The second kappa shape index (κ2) is 8.37. The number of benzene rings is 1. The van der Waals surface area contributed by atoms with E-state index in [-0.39, 0.29) is 23.4 Å². The van der Waals surface area contributed by atoms with Crippen LogP contribution < -0.4 is 15.0 Å². The average Bonchev–Trinajstić information content (AvgIpc) is 3.32. The highest BCUT2D eigenvalue weighted by Crippen LogP contribution is 2.33. The summed E-state index contributed by atoms with van der Waals surface area (Å²) in [7, 11) is 3.12. The van der Waals surface area contributed by atoms with Gasteiger partial charge >= 0.3 is 0 Å². The number of thioether (sulfide) groups is 1. The number of rotatable bonds is 6. The summed E-state index contributed by atoms with van der Waals surface area (Å²) in [5.41, 5.74) is 0.723. The molecule has 0 saturated heterocycles. The fourth-order valence-electron chi connectivity index (χ4n) is 3.08. The maximum Gasteiger partial charge on any atom is 0.281 e. The van der Waals surface area contributed by atoms with E-state index in [9.17, 15) is 9.18 Å². The molecule has 0 N–H and O–H groups in total. The monoisotopic (exact) mass is 463 g/mol. The van der Waals surface area contributed by atoms with Crippen molar-refractivity contribution in [2.75, 3.05) is 20.5 Å². The zero-order chi connectivity index (χ0) is 21.4. The second-order valence-electron chi connectivity index (χ2n) is 6.38. The van der Waals surface area contributed by atoms with Gasteiger partial charge in [-0.2, -0.15) is 0 Å². The van der Waals surface area contributed by atoms with E-state index in [2.05, 4.69) is 9.97 Å². The minimum atomic E-state index is -0.395. The first kappa shape index (κ1) is 20.8. The molecule has 10 heteroatoms. The molecule has 4 rings (SSSR count). The Labute approximate surface area is 184 Å². The van der Waals surface area contributed by atoms with Crippen LogP contribution in [0, 0.1) is 12.7 Å². The molecule has 0 spiro atoms. The maximum absolute atomic E-state index is 14.7. The summed E-state index contributed by atoms with van der Waals surface area (Å²) in [5.74, 6) is 1.10. The molecule has 0 aliphatic carbocycles. The number of hydrogen-bond donors (Lipinski definition) is 0. The van der Waals surface area contributed by atoms with Crippen LogP contribution in [0.2, 0.25) is 0 Å². The summed E-state index contributed by atoms with van der Waals surface area (Å²) in [5, 5.41) is 0. The van der Waals surface area contributed by atoms with E-state index < -0.39 is 5.82 Å². The second-order valence-corrected chi connectivity index (χ2v) is 9.66. The molecular formula is C20H18FN3O3S3. The Hall–Kier alpha value is -2.43. The number of methoxy groups -OCH3 is 2. The fraction of sp³-hybridized carbons (Fsp3) is 0.250. The molecule has 0 unspecified atom stereocenters. The van der Waals surface area contributed by atoms with Crippen LogP contribution in [0.5, 0.6) is 11.5 Å². The largest absolute Gasteiger partial charge is 0.497 e. The van der Waals surface area contributed by atoms with Crippen LogP contribution >= 0.6 is 34.4 Å². The maximum atomic E-state index is 14.7. The normalized spacial score (nSPS) is 11.2. The van der Waals surface area contributed by atoms with E-state index in [0.717, 1.165) is 14.8 Å². The van der Waals surface area contributed by atoms with Crippen LogP contribution in [-0.2, 0) is 6.54 Å². The van der Waals surface area contributed by atoms with E-state index in [0.29, 0.717) is 21.2 Å². The molecule has 0 saturated carbocycles. The van der Waals surface area contributed by atoms with Crippen molar-refractivity contribution in [3.05, 3.63) is 50.9 Å². The van der Waals surface area contributed by atoms with E-state index in [1.54, 1.807) is 26.4 Å². The van der Waals surface area contributed by atoms with Crippen molar-refractivity contribution in [1.29, 1.82) is 0 Å². The molecule has 3 aromatic heterocycles.